The van der Waals surface area contributed by atoms with Crippen LogP contribution in [-0.2, 0) is 10.3 Å². The van der Waals surface area contributed by atoms with Crippen LogP contribution >= 0.6 is 0 Å². The molecule has 1 amide bonds. The number of halogens is 4. The molecule has 1 unspecified atom stereocenters. The number of rotatable bonds is 7. The van der Waals surface area contributed by atoms with Crippen LogP contribution in [0.2, 0.25) is 0 Å². The van der Waals surface area contributed by atoms with Crippen LogP contribution < -0.4 is 0 Å². The Bertz CT molecular complexity index is 1140. The van der Waals surface area contributed by atoms with Crippen molar-refractivity contribution >= 4 is 18.0 Å². The number of carbonyl (C=O) groups excluding carboxylic acids is 1. The Labute approximate surface area is 232 Å². The van der Waals surface area contributed by atoms with Crippen molar-refractivity contribution in [1.29, 1.82) is 0 Å². The minimum Gasteiger partial charge on any atom is -0.477 e. The number of aliphatic hydroxyl groups is 1. The fraction of sp³-hybridized carbons (Fsp3) is 0.690. The number of aliphatic hydroxyl groups excluding tert-OH is 1. The lowest BCUT2D eigenvalue weighted by molar-refractivity contribution is -0.256. The Morgan fingerprint density at radius 2 is 1.90 bits per heavy atom. The highest BCUT2D eigenvalue weighted by atomic mass is 19.4. The summed E-state index contributed by atoms with van der Waals surface area (Å²) in [6.45, 7) is 4.25. The highest BCUT2D eigenvalue weighted by Crippen LogP contribution is 2.53. The molecule has 0 spiro atoms. The smallest absolute Gasteiger partial charge is 0.395 e. The monoisotopic (exact) mass is 566 g/mol. The number of benzene rings is 1. The van der Waals surface area contributed by atoms with Crippen LogP contribution in [0, 0.1) is 17.2 Å². The molecule has 1 aromatic carbocycles. The molecule has 1 aliphatic carbocycles. The van der Waals surface area contributed by atoms with Gasteiger partial charge in [-0.2, -0.15) is 13.2 Å². The Kier molecular flexibility index (Phi) is 8.25. The average molecular weight is 567 g/mol. The second-order valence-corrected chi connectivity index (χ2v) is 12.0. The zero-order valence-corrected chi connectivity index (χ0v) is 22.9. The average Bonchev–Trinajstić information content (AvgIpc) is 3.39. The van der Waals surface area contributed by atoms with Gasteiger partial charge in [0.15, 0.2) is 0 Å². The second kappa shape index (κ2) is 11.4. The van der Waals surface area contributed by atoms with Gasteiger partial charge in [0.1, 0.15) is 11.4 Å². The van der Waals surface area contributed by atoms with E-state index in [1.54, 1.807) is 6.07 Å². The van der Waals surface area contributed by atoms with Crippen molar-refractivity contribution in [3.8, 4) is 0 Å². The minimum absolute atomic E-state index is 0.0210. The van der Waals surface area contributed by atoms with Gasteiger partial charge in [-0.25, -0.2) is 9.38 Å². The van der Waals surface area contributed by atoms with E-state index >= 15 is 4.39 Å². The summed E-state index contributed by atoms with van der Waals surface area (Å²) in [6, 6.07) is 4.22. The van der Waals surface area contributed by atoms with Gasteiger partial charge >= 0.3 is 6.18 Å². The Morgan fingerprint density at radius 1 is 1.15 bits per heavy atom. The summed E-state index contributed by atoms with van der Waals surface area (Å²) < 4.78 is 61.5. The summed E-state index contributed by atoms with van der Waals surface area (Å²) in [5, 5.41) is 9.50. The third-order valence-corrected chi connectivity index (χ3v) is 9.29. The standard InChI is InChI=1S/C29H38F4N4O3/c1-27(21-5-6-23(24(30)14-21)26(39)37-11-2-4-22(37)16-38)18-34-25(15-35-27)40-17-20-7-12-36(13-8-20)19-28(9-3-10-28)29(31,32)33/h5-6,14-15,20,22,38H,2-4,7-13,16-19H2,1H3/t22-,27?/m1/s1. The first-order valence-electron chi connectivity index (χ1n) is 14.3. The predicted octanol–water partition coefficient (Wildman–Crippen LogP) is 4.58. The van der Waals surface area contributed by atoms with E-state index in [-0.39, 0.29) is 50.1 Å². The maximum Gasteiger partial charge on any atom is 0.395 e. The van der Waals surface area contributed by atoms with Crippen molar-refractivity contribution in [2.24, 2.45) is 21.3 Å². The Balaban J connectivity index is 1.11. The van der Waals surface area contributed by atoms with Crippen molar-refractivity contribution in [2.45, 2.75) is 69.6 Å². The van der Waals surface area contributed by atoms with Crippen LogP contribution in [0.3, 0.4) is 0 Å². The molecule has 4 aliphatic rings. The van der Waals surface area contributed by atoms with Crippen molar-refractivity contribution < 1.29 is 32.2 Å². The topological polar surface area (TPSA) is 77.7 Å². The molecule has 5 rings (SSSR count). The molecule has 1 N–H and O–H groups in total. The summed E-state index contributed by atoms with van der Waals surface area (Å²) in [7, 11) is 0. The zero-order valence-electron chi connectivity index (χ0n) is 22.9. The van der Waals surface area contributed by atoms with Gasteiger partial charge in [-0.1, -0.05) is 12.5 Å². The number of likely N-dealkylation sites (tertiary alicyclic amines) is 2. The number of ether oxygens (including phenoxy) is 1. The molecular weight excluding hydrogens is 528 g/mol. The van der Waals surface area contributed by atoms with Gasteiger partial charge < -0.3 is 19.6 Å². The van der Waals surface area contributed by atoms with Crippen LogP contribution in [0.15, 0.2) is 28.2 Å². The molecule has 0 radical (unpaired) electrons. The first kappa shape index (κ1) is 29.0. The maximum absolute atomic E-state index is 15.0. The second-order valence-electron chi connectivity index (χ2n) is 12.0. The highest BCUT2D eigenvalue weighted by Gasteiger charge is 2.58. The molecule has 3 aliphatic heterocycles. The molecule has 3 fully saturated rings. The molecule has 220 valence electrons. The van der Waals surface area contributed by atoms with Gasteiger partial charge in [0.25, 0.3) is 5.91 Å². The van der Waals surface area contributed by atoms with Crippen LogP contribution in [0.25, 0.3) is 0 Å². The van der Waals surface area contributed by atoms with E-state index in [1.165, 1.54) is 23.2 Å². The van der Waals surface area contributed by atoms with Crippen molar-refractivity contribution in [2.75, 3.05) is 45.9 Å². The number of amides is 1. The van der Waals surface area contributed by atoms with E-state index in [0.717, 1.165) is 19.3 Å². The van der Waals surface area contributed by atoms with Gasteiger partial charge in [-0.3, -0.25) is 9.79 Å². The molecule has 0 aromatic heterocycles. The van der Waals surface area contributed by atoms with Crippen LogP contribution in [0.1, 0.15) is 67.8 Å². The number of aliphatic imine (C=N–C) groups is 2. The fourth-order valence-corrected chi connectivity index (χ4v) is 6.31. The molecule has 7 nitrogen and oxygen atoms in total. The zero-order chi connectivity index (χ0) is 28.5. The number of alkyl halides is 3. The fourth-order valence-electron chi connectivity index (χ4n) is 6.31. The number of piperidine rings is 1. The molecule has 1 saturated carbocycles. The van der Waals surface area contributed by atoms with E-state index < -0.39 is 28.9 Å². The molecule has 2 atom stereocenters. The summed E-state index contributed by atoms with van der Waals surface area (Å²) in [6.07, 6.45) is 1.56. The summed E-state index contributed by atoms with van der Waals surface area (Å²) in [5.74, 6) is -0.412. The van der Waals surface area contributed by atoms with Crippen LogP contribution in [0.4, 0.5) is 17.6 Å². The molecule has 11 heteroatoms. The summed E-state index contributed by atoms with van der Waals surface area (Å²) in [5.41, 5.74) is -1.76. The normalized spacial score (nSPS) is 27.4. The third kappa shape index (κ3) is 5.77. The van der Waals surface area contributed by atoms with E-state index in [0.29, 0.717) is 50.5 Å². The first-order valence-corrected chi connectivity index (χ1v) is 14.3. The summed E-state index contributed by atoms with van der Waals surface area (Å²) in [4.78, 5) is 25.4. The number of nitrogens with zero attached hydrogens (tertiary/aromatic N) is 4. The third-order valence-electron chi connectivity index (χ3n) is 9.29. The molecular formula is C29H38F4N4O3. The predicted molar refractivity (Wildman–Crippen MR) is 143 cm³/mol. The van der Waals surface area contributed by atoms with Crippen LogP contribution in [0.5, 0.6) is 0 Å². The van der Waals surface area contributed by atoms with E-state index in [4.69, 9.17) is 4.74 Å². The van der Waals surface area contributed by atoms with Gasteiger partial charge in [0.05, 0.1) is 43.0 Å². The maximum atomic E-state index is 15.0. The largest absolute Gasteiger partial charge is 0.477 e. The van der Waals surface area contributed by atoms with E-state index in [1.807, 2.05) is 11.8 Å². The van der Waals surface area contributed by atoms with Gasteiger partial charge in [-0.15, -0.1) is 0 Å². The van der Waals surface area contributed by atoms with Crippen LogP contribution in [-0.4, -0.2) is 91.1 Å². The number of hydrogen-bond donors (Lipinski definition) is 1. The van der Waals surface area contributed by atoms with Crippen molar-refractivity contribution in [1.82, 2.24) is 9.80 Å². The first-order chi connectivity index (χ1) is 19.0. The molecule has 40 heavy (non-hydrogen) atoms. The van der Waals surface area contributed by atoms with E-state index in [9.17, 15) is 23.1 Å². The molecule has 1 aromatic rings. The summed E-state index contributed by atoms with van der Waals surface area (Å²) >= 11 is 0. The molecule has 3 heterocycles. The molecule has 2 saturated heterocycles. The number of carbonyl (C=O) groups is 1. The Hall–Kier alpha value is -2.53. The Morgan fingerprint density at radius 3 is 2.48 bits per heavy atom. The van der Waals surface area contributed by atoms with Crippen molar-refractivity contribution in [3.63, 3.8) is 0 Å². The lowest BCUT2D eigenvalue weighted by atomic mass is 9.67. The van der Waals surface area contributed by atoms with Gasteiger partial charge in [-0.05, 0) is 82.2 Å². The quantitative estimate of drug-likeness (QED) is 0.491. The highest BCUT2D eigenvalue weighted by molar-refractivity contribution is 6.26. The van der Waals surface area contributed by atoms with Gasteiger partial charge in [0.2, 0.25) is 5.90 Å². The van der Waals surface area contributed by atoms with Crippen molar-refractivity contribution in [3.05, 3.63) is 35.1 Å². The van der Waals surface area contributed by atoms with E-state index in [2.05, 4.69) is 9.98 Å². The lowest BCUT2D eigenvalue weighted by Crippen LogP contribution is -2.53. The minimum atomic E-state index is -4.14. The lowest BCUT2D eigenvalue weighted by Gasteiger charge is -2.47. The number of hydrogen-bond acceptors (Lipinski definition) is 6. The SMILES string of the molecule is CC1(c2ccc(C(=O)N3CCC[C@@H]3CO)c(F)c2)CN=C(OCC2CCN(CC3(C(F)(F)F)CCC3)CC2)C=N1. The molecule has 0 bridgehead atoms. The van der Waals surface area contributed by atoms with Gasteiger partial charge in [0, 0.05) is 13.1 Å².